The zero-order valence-electron chi connectivity index (χ0n) is 5.65. The molecule has 1 amide bonds. The number of carbonyl (C=O) groups excluding carboxylic acids is 1. The van der Waals surface area contributed by atoms with Gasteiger partial charge < -0.3 is 10.1 Å². The van der Waals surface area contributed by atoms with Crippen LogP contribution in [0.5, 0.6) is 0 Å². The van der Waals surface area contributed by atoms with E-state index in [9.17, 15) is 4.79 Å². The summed E-state index contributed by atoms with van der Waals surface area (Å²) in [5.41, 5.74) is 5.68. The Labute approximate surface area is 67.1 Å². The van der Waals surface area contributed by atoms with Gasteiger partial charge in [0.1, 0.15) is 5.69 Å². The minimum absolute atomic E-state index is 0.382. The number of nitrogens with zero attached hydrogens (tertiary/aromatic N) is 1. The summed E-state index contributed by atoms with van der Waals surface area (Å²) in [5, 5.41) is 1.76. The summed E-state index contributed by atoms with van der Waals surface area (Å²) >= 11 is 1.51. The highest BCUT2D eigenvalue weighted by molar-refractivity contribution is 7.15. The molecule has 4 heteroatoms. The van der Waals surface area contributed by atoms with Crippen molar-refractivity contribution in [3.8, 4) is 0 Å². The first-order valence-electron chi connectivity index (χ1n) is 3.13. The van der Waals surface area contributed by atoms with Gasteiger partial charge in [0.05, 0.1) is 4.83 Å². The minimum atomic E-state index is -0.382. The molecule has 0 aromatic carbocycles. The minimum Gasteiger partial charge on any atom is -0.364 e. The molecule has 56 valence electrons. The third-order valence-corrected chi connectivity index (χ3v) is 2.43. The molecular weight excluding hydrogens is 160 g/mol. The molecule has 2 heterocycles. The molecule has 0 atom stereocenters. The lowest BCUT2D eigenvalue weighted by molar-refractivity contribution is 0.0995. The molecular formula is C7H6N2OS. The zero-order chi connectivity index (χ0) is 7.84. The van der Waals surface area contributed by atoms with Crippen molar-refractivity contribution in [1.29, 1.82) is 0 Å². The average Bonchev–Trinajstić information content (AvgIpc) is 2.41. The lowest BCUT2D eigenvalue weighted by Crippen LogP contribution is -2.12. The summed E-state index contributed by atoms with van der Waals surface area (Å²) in [6, 6.07) is 3.83. The maximum atomic E-state index is 10.8. The van der Waals surface area contributed by atoms with Gasteiger partial charge in [-0.3, -0.25) is 4.79 Å². The number of fused-ring (bicyclic) bond motifs is 1. The Morgan fingerprint density at radius 2 is 2.45 bits per heavy atom. The number of carbonyl (C=O) groups is 1. The van der Waals surface area contributed by atoms with Crippen molar-refractivity contribution in [2.45, 2.75) is 0 Å². The van der Waals surface area contributed by atoms with Crippen molar-refractivity contribution in [3.63, 3.8) is 0 Å². The van der Waals surface area contributed by atoms with Crippen LogP contribution >= 0.6 is 11.3 Å². The van der Waals surface area contributed by atoms with Crippen LogP contribution in [0.4, 0.5) is 0 Å². The predicted octanol–water partition coefficient (Wildman–Crippen LogP) is 1.10. The molecule has 0 radical (unpaired) electrons. The van der Waals surface area contributed by atoms with Gasteiger partial charge in [-0.2, -0.15) is 0 Å². The predicted molar refractivity (Wildman–Crippen MR) is 43.8 cm³/mol. The Morgan fingerprint density at radius 3 is 3.18 bits per heavy atom. The van der Waals surface area contributed by atoms with Crippen molar-refractivity contribution in [3.05, 3.63) is 29.4 Å². The van der Waals surface area contributed by atoms with Crippen LogP contribution in [0.3, 0.4) is 0 Å². The molecule has 11 heavy (non-hydrogen) atoms. The van der Waals surface area contributed by atoms with E-state index in [0.717, 1.165) is 4.83 Å². The van der Waals surface area contributed by atoms with Crippen LogP contribution in [0, 0.1) is 0 Å². The summed E-state index contributed by atoms with van der Waals surface area (Å²) in [4.78, 5) is 11.8. The first-order chi connectivity index (χ1) is 5.29. The van der Waals surface area contributed by atoms with E-state index in [1.165, 1.54) is 11.3 Å². The Hall–Kier alpha value is -1.29. The summed E-state index contributed by atoms with van der Waals surface area (Å²) in [5.74, 6) is -0.382. The number of nitrogens with two attached hydrogens (primary N) is 1. The Kier molecular flexibility index (Phi) is 1.22. The van der Waals surface area contributed by atoms with Crippen LogP contribution in [-0.2, 0) is 0 Å². The van der Waals surface area contributed by atoms with Crippen molar-refractivity contribution < 1.29 is 4.79 Å². The SMILES string of the molecule is NC(=O)c1csc2cccn12. The Morgan fingerprint density at radius 1 is 1.64 bits per heavy atom. The maximum absolute atomic E-state index is 10.8. The van der Waals surface area contributed by atoms with E-state index in [1.807, 2.05) is 18.3 Å². The molecule has 0 bridgehead atoms. The van der Waals surface area contributed by atoms with Gasteiger partial charge in [-0.1, -0.05) is 0 Å². The zero-order valence-corrected chi connectivity index (χ0v) is 6.47. The number of amides is 1. The van der Waals surface area contributed by atoms with E-state index in [0.29, 0.717) is 5.69 Å². The molecule has 0 fully saturated rings. The number of hydrogen-bond acceptors (Lipinski definition) is 2. The number of aromatic nitrogens is 1. The fourth-order valence-corrected chi connectivity index (χ4v) is 1.90. The van der Waals surface area contributed by atoms with Crippen molar-refractivity contribution in [2.75, 3.05) is 0 Å². The molecule has 2 aromatic rings. The summed E-state index contributed by atoms with van der Waals surface area (Å²) in [7, 11) is 0. The quantitative estimate of drug-likeness (QED) is 0.677. The monoisotopic (exact) mass is 166 g/mol. The molecule has 0 aliphatic carbocycles. The topological polar surface area (TPSA) is 47.5 Å². The second-order valence-electron chi connectivity index (χ2n) is 2.20. The lowest BCUT2D eigenvalue weighted by Gasteiger charge is -1.89. The van der Waals surface area contributed by atoms with Crippen LogP contribution in [-0.4, -0.2) is 10.3 Å². The maximum Gasteiger partial charge on any atom is 0.266 e. The largest absolute Gasteiger partial charge is 0.364 e. The lowest BCUT2D eigenvalue weighted by atomic mass is 10.5. The number of thiazole rings is 1. The Balaban J connectivity index is 2.78. The van der Waals surface area contributed by atoms with E-state index in [1.54, 1.807) is 9.78 Å². The van der Waals surface area contributed by atoms with Crippen LogP contribution in [0.2, 0.25) is 0 Å². The van der Waals surface area contributed by atoms with Crippen LogP contribution in [0.15, 0.2) is 23.7 Å². The van der Waals surface area contributed by atoms with Gasteiger partial charge in [-0.05, 0) is 12.1 Å². The molecule has 0 unspecified atom stereocenters. The molecule has 2 aromatic heterocycles. The highest BCUT2D eigenvalue weighted by Gasteiger charge is 2.06. The molecule has 3 nitrogen and oxygen atoms in total. The normalized spacial score (nSPS) is 10.5. The molecule has 0 saturated carbocycles. The molecule has 0 aliphatic rings. The van der Waals surface area contributed by atoms with Crippen molar-refractivity contribution >= 4 is 22.1 Å². The van der Waals surface area contributed by atoms with Gasteiger partial charge in [0, 0.05) is 11.6 Å². The van der Waals surface area contributed by atoms with E-state index in [2.05, 4.69) is 0 Å². The van der Waals surface area contributed by atoms with Gasteiger partial charge in [-0.15, -0.1) is 11.3 Å². The summed E-state index contributed by atoms with van der Waals surface area (Å²) in [6.45, 7) is 0. The van der Waals surface area contributed by atoms with Gasteiger partial charge in [-0.25, -0.2) is 0 Å². The van der Waals surface area contributed by atoms with E-state index in [-0.39, 0.29) is 5.91 Å². The van der Waals surface area contributed by atoms with Gasteiger partial charge in [0.15, 0.2) is 0 Å². The van der Waals surface area contributed by atoms with Crippen molar-refractivity contribution in [2.24, 2.45) is 5.73 Å². The second kappa shape index (κ2) is 2.10. The third-order valence-electron chi connectivity index (χ3n) is 1.51. The highest BCUT2D eigenvalue weighted by atomic mass is 32.1. The molecule has 0 saturated heterocycles. The third kappa shape index (κ3) is 0.832. The first kappa shape index (κ1) is 6.42. The first-order valence-corrected chi connectivity index (χ1v) is 4.01. The van der Waals surface area contributed by atoms with Crippen molar-refractivity contribution in [1.82, 2.24) is 4.40 Å². The molecule has 0 aliphatic heterocycles. The van der Waals surface area contributed by atoms with Gasteiger partial charge in [0.2, 0.25) is 0 Å². The van der Waals surface area contributed by atoms with Crippen LogP contribution in [0.1, 0.15) is 10.5 Å². The number of primary amides is 1. The molecule has 2 N–H and O–H groups in total. The smallest absolute Gasteiger partial charge is 0.266 e. The number of rotatable bonds is 1. The molecule has 2 rings (SSSR count). The summed E-state index contributed by atoms with van der Waals surface area (Å²) < 4.78 is 1.78. The van der Waals surface area contributed by atoms with E-state index in [4.69, 9.17) is 5.73 Å². The van der Waals surface area contributed by atoms with Gasteiger partial charge >= 0.3 is 0 Å². The number of hydrogen-bond donors (Lipinski definition) is 1. The second-order valence-corrected chi connectivity index (χ2v) is 3.09. The molecule has 0 spiro atoms. The summed E-state index contributed by atoms with van der Waals surface area (Å²) in [6.07, 6.45) is 1.83. The highest BCUT2D eigenvalue weighted by Crippen LogP contribution is 2.15. The fraction of sp³-hybridized carbons (Fsp3) is 0. The fourth-order valence-electron chi connectivity index (χ4n) is 1.01. The van der Waals surface area contributed by atoms with E-state index < -0.39 is 0 Å². The van der Waals surface area contributed by atoms with Crippen LogP contribution in [0.25, 0.3) is 4.83 Å². The van der Waals surface area contributed by atoms with Crippen LogP contribution < -0.4 is 5.73 Å². The van der Waals surface area contributed by atoms with Gasteiger partial charge in [0.25, 0.3) is 5.91 Å². The standard InChI is InChI=1S/C7H6N2OS/c8-7(10)5-4-11-6-2-1-3-9(5)6/h1-4H,(H2,8,10). The Bertz CT molecular complexity index is 401. The average molecular weight is 166 g/mol. The van der Waals surface area contributed by atoms with E-state index >= 15 is 0 Å².